The van der Waals surface area contributed by atoms with Crippen molar-refractivity contribution in [1.29, 1.82) is 0 Å². The zero-order chi connectivity index (χ0) is 25.3. The van der Waals surface area contributed by atoms with Crippen molar-refractivity contribution in [1.82, 2.24) is 0 Å². The van der Waals surface area contributed by atoms with Crippen LogP contribution in [0.15, 0.2) is 22.8 Å². The van der Waals surface area contributed by atoms with Gasteiger partial charge < -0.3 is 10.2 Å². The molecular formula is C30H46O4. The van der Waals surface area contributed by atoms with Gasteiger partial charge in [0.25, 0.3) is 0 Å². The molecular weight excluding hydrogens is 424 g/mol. The van der Waals surface area contributed by atoms with Crippen LogP contribution in [0.4, 0.5) is 0 Å². The Morgan fingerprint density at radius 3 is 2.41 bits per heavy atom. The fourth-order valence-corrected chi connectivity index (χ4v) is 9.36. The number of carbonyl (C=O) groups is 2. The van der Waals surface area contributed by atoms with Gasteiger partial charge in [0.05, 0.1) is 6.10 Å². The van der Waals surface area contributed by atoms with E-state index in [0.29, 0.717) is 29.6 Å². The molecule has 0 aromatic heterocycles. The average Bonchev–Trinajstić information content (AvgIpc) is 3.12. The summed E-state index contributed by atoms with van der Waals surface area (Å²) in [5.74, 6) is 0.640. The predicted molar refractivity (Wildman–Crippen MR) is 135 cm³/mol. The summed E-state index contributed by atoms with van der Waals surface area (Å²) in [6.07, 6.45) is 9.98. The monoisotopic (exact) mass is 470 g/mol. The predicted octanol–water partition coefficient (Wildman–Crippen LogP) is 6.72. The number of rotatable bonds is 5. The van der Waals surface area contributed by atoms with Gasteiger partial charge in [0, 0.05) is 22.8 Å². The molecule has 0 spiro atoms. The van der Waals surface area contributed by atoms with Crippen molar-refractivity contribution in [2.45, 2.75) is 112 Å². The highest BCUT2D eigenvalue weighted by Crippen LogP contribution is 2.74. The fraction of sp³-hybridized carbons (Fsp3) is 0.800. The van der Waals surface area contributed by atoms with Crippen LogP contribution in [0, 0.1) is 39.4 Å². The summed E-state index contributed by atoms with van der Waals surface area (Å²) in [6, 6.07) is 0. The van der Waals surface area contributed by atoms with E-state index in [0.717, 1.165) is 51.4 Å². The van der Waals surface area contributed by atoms with Crippen molar-refractivity contribution in [3.63, 3.8) is 0 Å². The molecule has 4 aliphatic carbocycles. The van der Waals surface area contributed by atoms with E-state index in [9.17, 15) is 14.7 Å². The van der Waals surface area contributed by atoms with Crippen LogP contribution in [-0.2, 0) is 9.59 Å². The lowest BCUT2D eigenvalue weighted by Crippen LogP contribution is -2.67. The number of fused-ring (bicyclic) bond motifs is 5. The van der Waals surface area contributed by atoms with Crippen molar-refractivity contribution in [3.05, 3.63) is 22.8 Å². The van der Waals surface area contributed by atoms with Gasteiger partial charge in [-0.05, 0) is 86.9 Å². The number of allylic oxidation sites excluding steroid dienone is 3. The Morgan fingerprint density at radius 1 is 1.09 bits per heavy atom. The maximum Gasteiger partial charge on any atom is 0.330 e. The number of aliphatic carboxylic acids is 1. The molecule has 3 saturated carbocycles. The van der Waals surface area contributed by atoms with Crippen LogP contribution in [0.2, 0.25) is 0 Å². The summed E-state index contributed by atoms with van der Waals surface area (Å²) in [5, 5.41) is 21.0. The number of carbonyl (C=O) groups excluding carboxylic acids is 1. The molecule has 190 valence electrons. The molecule has 0 aliphatic heterocycles. The Bertz CT molecular complexity index is 941. The molecule has 4 heteroatoms. The minimum Gasteiger partial charge on any atom is -0.478 e. The van der Waals surface area contributed by atoms with Crippen molar-refractivity contribution in [2.75, 3.05) is 0 Å². The summed E-state index contributed by atoms with van der Waals surface area (Å²) in [5.41, 5.74) is 3.13. The molecule has 0 saturated heterocycles. The third-order valence-corrected chi connectivity index (χ3v) is 11.8. The smallest absolute Gasteiger partial charge is 0.330 e. The van der Waals surface area contributed by atoms with Gasteiger partial charge in [0.2, 0.25) is 0 Å². The molecule has 0 heterocycles. The van der Waals surface area contributed by atoms with Gasteiger partial charge in [0.1, 0.15) is 5.78 Å². The molecule has 0 bridgehead atoms. The lowest BCUT2D eigenvalue weighted by molar-refractivity contribution is -0.222. The van der Waals surface area contributed by atoms with Crippen LogP contribution in [-0.4, -0.2) is 28.1 Å². The minimum absolute atomic E-state index is 0.00861. The van der Waals surface area contributed by atoms with Gasteiger partial charge in [-0.2, -0.15) is 0 Å². The molecule has 4 rings (SSSR count). The summed E-state index contributed by atoms with van der Waals surface area (Å²) < 4.78 is 0. The number of carboxylic acid groups (broad SMARTS) is 1. The molecule has 34 heavy (non-hydrogen) atoms. The molecule has 4 aliphatic rings. The highest BCUT2D eigenvalue weighted by molar-refractivity contribution is 5.86. The maximum atomic E-state index is 12.9. The zero-order valence-corrected chi connectivity index (χ0v) is 22.5. The molecule has 0 unspecified atom stereocenters. The summed E-state index contributed by atoms with van der Waals surface area (Å²) in [6.45, 7) is 15.5. The standard InChI is InChI=1S/C30H46O4/c1-18(9-8-10-19(2)26(33)34)20-13-16-29(6)21(20)11-12-22-28(5)15-14-24(31)27(3,4)23(28)17-25(32)30(22,29)7/h10,18,22-23,25,32H,8-9,11-17H2,1-7H3,(H,33,34)/b19-10+/t18-,22-,23+,25-,28-,29-,30+/m1/s1. The first-order valence-corrected chi connectivity index (χ1v) is 13.5. The van der Waals surface area contributed by atoms with Gasteiger partial charge in [-0.15, -0.1) is 0 Å². The van der Waals surface area contributed by atoms with E-state index in [1.54, 1.807) is 18.1 Å². The first-order chi connectivity index (χ1) is 15.7. The van der Waals surface area contributed by atoms with E-state index >= 15 is 0 Å². The second-order valence-electron chi connectivity index (χ2n) is 13.3. The number of Topliss-reactive ketones (excluding diaryl/α,β-unsaturated/α-hetero) is 1. The van der Waals surface area contributed by atoms with Crippen molar-refractivity contribution in [2.24, 2.45) is 39.4 Å². The molecule has 0 radical (unpaired) electrons. The van der Waals surface area contributed by atoms with Crippen LogP contribution in [0.5, 0.6) is 0 Å². The Morgan fingerprint density at radius 2 is 1.76 bits per heavy atom. The van der Waals surface area contributed by atoms with Crippen molar-refractivity contribution < 1.29 is 19.8 Å². The van der Waals surface area contributed by atoms with Gasteiger partial charge in [-0.25, -0.2) is 4.79 Å². The summed E-state index contributed by atoms with van der Waals surface area (Å²) in [7, 11) is 0. The number of hydrogen-bond donors (Lipinski definition) is 2. The lowest BCUT2D eigenvalue weighted by atomic mass is 9.35. The molecule has 2 N–H and O–H groups in total. The van der Waals surface area contributed by atoms with E-state index < -0.39 is 12.1 Å². The normalized spacial score (nSPS) is 42.6. The molecule has 7 atom stereocenters. The maximum absolute atomic E-state index is 12.9. The quantitative estimate of drug-likeness (QED) is 0.345. The van der Waals surface area contributed by atoms with E-state index in [4.69, 9.17) is 5.11 Å². The van der Waals surface area contributed by atoms with Crippen LogP contribution >= 0.6 is 0 Å². The lowest BCUT2D eigenvalue weighted by Gasteiger charge is -2.69. The second-order valence-corrected chi connectivity index (χ2v) is 13.3. The number of aliphatic hydroxyl groups excluding tert-OH is 1. The molecule has 0 amide bonds. The second kappa shape index (κ2) is 8.32. The largest absolute Gasteiger partial charge is 0.478 e. The summed E-state index contributed by atoms with van der Waals surface area (Å²) in [4.78, 5) is 24.0. The first-order valence-electron chi connectivity index (χ1n) is 13.5. The number of aliphatic hydroxyl groups is 1. The number of hydrogen-bond acceptors (Lipinski definition) is 3. The Kier molecular flexibility index (Phi) is 6.28. The average molecular weight is 471 g/mol. The molecule has 0 aromatic rings. The van der Waals surface area contributed by atoms with Crippen LogP contribution in [0.1, 0.15) is 106 Å². The third kappa shape index (κ3) is 3.41. The zero-order valence-electron chi connectivity index (χ0n) is 22.5. The first kappa shape index (κ1) is 25.7. The Balaban J connectivity index is 1.65. The van der Waals surface area contributed by atoms with Crippen molar-refractivity contribution >= 4 is 11.8 Å². The third-order valence-electron chi connectivity index (χ3n) is 11.8. The van der Waals surface area contributed by atoms with Crippen LogP contribution in [0.25, 0.3) is 0 Å². The van der Waals surface area contributed by atoms with Crippen molar-refractivity contribution in [3.8, 4) is 0 Å². The van der Waals surface area contributed by atoms with Gasteiger partial charge in [-0.3, -0.25) is 4.79 Å². The van der Waals surface area contributed by atoms with E-state index in [-0.39, 0.29) is 27.6 Å². The van der Waals surface area contributed by atoms with Crippen LogP contribution in [0.3, 0.4) is 0 Å². The van der Waals surface area contributed by atoms with Crippen LogP contribution < -0.4 is 0 Å². The Hall–Kier alpha value is -1.42. The number of carboxylic acids is 1. The topological polar surface area (TPSA) is 74.6 Å². The Labute approximate surface area is 206 Å². The highest BCUT2D eigenvalue weighted by atomic mass is 16.4. The van der Waals surface area contributed by atoms with E-state index in [2.05, 4.69) is 41.5 Å². The molecule has 3 fully saturated rings. The summed E-state index contributed by atoms with van der Waals surface area (Å²) >= 11 is 0. The fourth-order valence-electron chi connectivity index (χ4n) is 9.36. The molecule has 0 aromatic carbocycles. The molecule has 4 nitrogen and oxygen atoms in total. The minimum atomic E-state index is -0.833. The van der Waals surface area contributed by atoms with Gasteiger partial charge in [-0.1, -0.05) is 58.8 Å². The van der Waals surface area contributed by atoms with E-state index in [1.165, 1.54) is 0 Å². The highest BCUT2D eigenvalue weighted by Gasteiger charge is 2.69. The van der Waals surface area contributed by atoms with Gasteiger partial charge in [0.15, 0.2) is 0 Å². The van der Waals surface area contributed by atoms with Gasteiger partial charge >= 0.3 is 5.97 Å². The SMILES string of the molecule is C/C(=C\CC[C@@H](C)C1=C2CC[C@@H]3[C@@]4(C)CCC(=O)C(C)(C)[C@@H]4C[C@@H](O)[C@@]3(C)[C@]2(C)CC1)C(=O)O. The van der Waals surface area contributed by atoms with E-state index in [1.807, 2.05) is 6.08 Å². The number of ketones is 1.